The third kappa shape index (κ3) is 3.65. The number of aryl methyl sites for hydroxylation is 1. The number of nitrogens with one attached hydrogen (secondary N) is 1. The molecule has 3 heterocycles. The maximum Gasteiger partial charge on any atom is 0.255 e. The van der Waals surface area contributed by atoms with Crippen molar-refractivity contribution in [1.82, 2.24) is 29.7 Å². The molecule has 1 atom stereocenters. The van der Waals surface area contributed by atoms with Gasteiger partial charge >= 0.3 is 0 Å². The number of pyridine rings is 1. The molecule has 0 fully saturated rings. The van der Waals surface area contributed by atoms with Gasteiger partial charge in [0.05, 0.1) is 17.3 Å². The monoisotopic (exact) mass is 422 g/mol. The molecule has 0 aliphatic carbocycles. The summed E-state index contributed by atoms with van der Waals surface area (Å²) < 4.78 is 3.62. The fourth-order valence-electron chi connectivity index (χ4n) is 3.67. The molecule has 0 saturated carbocycles. The lowest BCUT2D eigenvalue weighted by atomic mass is 10.1. The summed E-state index contributed by atoms with van der Waals surface area (Å²) in [5, 5.41) is 16.2. The summed E-state index contributed by atoms with van der Waals surface area (Å²) in [4.78, 5) is 13.4. The minimum absolute atomic E-state index is 0.220. The Morgan fingerprint density at radius 2 is 1.69 bits per heavy atom. The highest BCUT2D eigenvalue weighted by atomic mass is 16.1. The van der Waals surface area contributed by atoms with Crippen LogP contribution in [0.1, 0.15) is 34.7 Å². The first-order valence-electron chi connectivity index (χ1n) is 10.4. The van der Waals surface area contributed by atoms with E-state index in [2.05, 4.69) is 15.5 Å². The number of amides is 1. The molecule has 3 aromatic heterocycles. The van der Waals surface area contributed by atoms with E-state index in [9.17, 15) is 4.79 Å². The van der Waals surface area contributed by atoms with E-state index in [1.165, 1.54) is 0 Å². The van der Waals surface area contributed by atoms with E-state index in [0.717, 1.165) is 22.5 Å². The van der Waals surface area contributed by atoms with E-state index in [0.29, 0.717) is 17.1 Å². The average Bonchev–Trinajstić information content (AvgIpc) is 3.45. The van der Waals surface area contributed by atoms with Gasteiger partial charge in [-0.2, -0.15) is 5.10 Å². The average molecular weight is 422 g/mol. The first-order chi connectivity index (χ1) is 15.6. The predicted octanol–water partition coefficient (Wildman–Crippen LogP) is 4.38. The minimum atomic E-state index is -0.341. The number of fused-ring (bicyclic) bond motifs is 1. The van der Waals surface area contributed by atoms with Crippen LogP contribution < -0.4 is 5.32 Å². The third-order valence-electron chi connectivity index (χ3n) is 5.38. The van der Waals surface area contributed by atoms with Gasteiger partial charge in [0, 0.05) is 18.0 Å². The number of benzene rings is 2. The van der Waals surface area contributed by atoms with Crippen molar-refractivity contribution < 1.29 is 4.79 Å². The fraction of sp³-hybridized carbons (Fsp3) is 0.120. The summed E-state index contributed by atoms with van der Waals surface area (Å²) in [5.41, 5.74) is 4.80. The number of nitrogens with zero attached hydrogens (tertiary/aromatic N) is 5. The van der Waals surface area contributed by atoms with E-state index in [1.54, 1.807) is 10.9 Å². The van der Waals surface area contributed by atoms with Crippen molar-refractivity contribution in [2.75, 3.05) is 0 Å². The van der Waals surface area contributed by atoms with Crippen LogP contribution in [0.15, 0.2) is 85.2 Å². The lowest BCUT2D eigenvalue weighted by Crippen LogP contribution is -2.28. The van der Waals surface area contributed by atoms with Crippen LogP contribution in [-0.2, 0) is 0 Å². The van der Waals surface area contributed by atoms with Gasteiger partial charge in [0.2, 0.25) is 0 Å². The van der Waals surface area contributed by atoms with E-state index in [4.69, 9.17) is 5.10 Å². The molecule has 0 aliphatic rings. The molecule has 7 heteroatoms. The van der Waals surface area contributed by atoms with Crippen LogP contribution in [0.5, 0.6) is 0 Å². The molecule has 2 aromatic carbocycles. The highest BCUT2D eigenvalue weighted by molar-refractivity contribution is 6.00. The summed E-state index contributed by atoms with van der Waals surface area (Å²) in [5.74, 6) is 0.448. The zero-order valence-electron chi connectivity index (χ0n) is 17.8. The summed E-state index contributed by atoms with van der Waals surface area (Å²) in [6, 6.07) is 23.1. The minimum Gasteiger partial charge on any atom is -0.342 e. The van der Waals surface area contributed by atoms with Gasteiger partial charge in [-0.15, -0.1) is 10.2 Å². The molecule has 7 nitrogen and oxygen atoms in total. The Morgan fingerprint density at radius 1 is 0.938 bits per heavy atom. The Labute approximate surface area is 185 Å². The Bertz CT molecular complexity index is 1390. The number of hydrogen-bond acceptors (Lipinski definition) is 4. The number of carbonyl (C=O) groups excluding carboxylic acids is 1. The Balaban J connectivity index is 1.51. The first-order valence-corrected chi connectivity index (χ1v) is 10.4. The van der Waals surface area contributed by atoms with Crippen molar-refractivity contribution in [2.24, 2.45) is 0 Å². The molecule has 0 saturated heterocycles. The molecule has 0 bridgehead atoms. The van der Waals surface area contributed by atoms with Gasteiger partial charge in [-0.1, -0.05) is 54.1 Å². The maximum atomic E-state index is 13.4. The van der Waals surface area contributed by atoms with Crippen LogP contribution in [0, 0.1) is 6.92 Å². The second-order valence-electron chi connectivity index (χ2n) is 7.72. The number of hydrogen-bond donors (Lipinski definition) is 1. The van der Waals surface area contributed by atoms with Crippen LogP contribution >= 0.6 is 0 Å². The van der Waals surface area contributed by atoms with Crippen LogP contribution in [0.25, 0.3) is 22.6 Å². The number of carbonyl (C=O) groups is 1. The van der Waals surface area contributed by atoms with Gasteiger partial charge in [0.1, 0.15) is 5.69 Å². The molecular weight excluding hydrogens is 400 g/mol. The molecular formula is C25H22N6O. The van der Waals surface area contributed by atoms with Gasteiger partial charge in [0.15, 0.2) is 11.5 Å². The normalized spacial score (nSPS) is 12.1. The van der Waals surface area contributed by atoms with Crippen molar-refractivity contribution in [3.63, 3.8) is 0 Å². The first kappa shape index (κ1) is 19.7. The summed E-state index contributed by atoms with van der Waals surface area (Å²) >= 11 is 0. The van der Waals surface area contributed by atoms with Crippen LogP contribution in [0.3, 0.4) is 0 Å². The Hall–Kier alpha value is -4.26. The second-order valence-corrected chi connectivity index (χ2v) is 7.72. The fourth-order valence-corrected chi connectivity index (χ4v) is 3.67. The summed E-state index contributed by atoms with van der Waals surface area (Å²) in [6.45, 7) is 3.94. The molecule has 0 radical (unpaired) electrons. The maximum absolute atomic E-state index is 13.4. The summed E-state index contributed by atoms with van der Waals surface area (Å²) in [7, 11) is 0. The van der Waals surface area contributed by atoms with Crippen molar-refractivity contribution in [3.8, 4) is 16.9 Å². The molecule has 5 aromatic rings. The topological polar surface area (TPSA) is 77.1 Å². The third-order valence-corrected chi connectivity index (χ3v) is 5.38. The molecule has 32 heavy (non-hydrogen) atoms. The molecule has 1 amide bonds. The van der Waals surface area contributed by atoms with Crippen molar-refractivity contribution >= 4 is 11.6 Å². The van der Waals surface area contributed by atoms with Gasteiger partial charge < -0.3 is 5.32 Å². The lowest BCUT2D eigenvalue weighted by Gasteiger charge is -2.12. The molecule has 1 unspecified atom stereocenters. The van der Waals surface area contributed by atoms with Crippen molar-refractivity contribution in [1.29, 1.82) is 0 Å². The van der Waals surface area contributed by atoms with Crippen LogP contribution in [0.4, 0.5) is 0 Å². The van der Waals surface area contributed by atoms with E-state index in [1.807, 2.05) is 97.2 Å². The zero-order valence-corrected chi connectivity index (χ0v) is 17.8. The van der Waals surface area contributed by atoms with Crippen molar-refractivity contribution in [2.45, 2.75) is 19.9 Å². The van der Waals surface area contributed by atoms with Crippen LogP contribution in [-0.4, -0.2) is 30.3 Å². The molecule has 1 N–H and O–H groups in total. The molecule has 0 aliphatic heterocycles. The van der Waals surface area contributed by atoms with E-state index in [-0.39, 0.29) is 11.9 Å². The van der Waals surface area contributed by atoms with Gasteiger partial charge in [0.25, 0.3) is 5.91 Å². The number of rotatable bonds is 5. The highest BCUT2D eigenvalue weighted by Crippen LogP contribution is 2.24. The van der Waals surface area contributed by atoms with Gasteiger partial charge in [-0.05, 0) is 38.1 Å². The van der Waals surface area contributed by atoms with Crippen molar-refractivity contribution in [3.05, 3.63) is 102 Å². The SMILES string of the molecule is Cc1ccc(-n2cc(C(=O)NC(C)c3nnc4ccccn34)c(-c3ccccc3)n2)cc1. The lowest BCUT2D eigenvalue weighted by molar-refractivity contribution is 0.0938. The Morgan fingerprint density at radius 3 is 2.47 bits per heavy atom. The second kappa shape index (κ2) is 8.11. The molecule has 0 spiro atoms. The van der Waals surface area contributed by atoms with E-state index < -0.39 is 0 Å². The predicted molar refractivity (Wildman–Crippen MR) is 123 cm³/mol. The number of aromatic nitrogens is 5. The largest absolute Gasteiger partial charge is 0.342 e. The Kier molecular flexibility index (Phi) is 4.99. The summed E-state index contributed by atoms with van der Waals surface area (Å²) in [6.07, 6.45) is 3.66. The molecule has 158 valence electrons. The quantitative estimate of drug-likeness (QED) is 0.456. The van der Waals surface area contributed by atoms with E-state index >= 15 is 0 Å². The zero-order chi connectivity index (χ0) is 22.1. The van der Waals surface area contributed by atoms with Gasteiger partial charge in [-0.3, -0.25) is 9.20 Å². The van der Waals surface area contributed by atoms with Gasteiger partial charge in [-0.25, -0.2) is 4.68 Å². The smallest absolute Gasteiger partial charge is 0.255 e. The highest BCUT2D eigenvalue weighted by Gasteiger charge is 2.22. The standard InChI is InChI=1S/C25H22N6O/c1-17-11-13-20(14-12-17)31-16-21(23(29-31)19-8-4-3-5-9-19)25(32)26-18(2)24-28-27-22-10-6-7-15-30(22)24/h3-16,18H,1-2H3,(H,26,32). The van der Waals surface area contributed by atoms with Crippen LogP contribution in [0.2, 0.25) is 0 Å². The molecule has 5 rings (SSSR count).